The molecule has 0 bridgehead atoms. The number of benzene rings is 1. The van der Waals surface area contributed by atoms with Gasteiger partial charge in [0.1, 0.15) is 0 Å². The number of hydrogen-bond acceptors (Lipinski definition) is 1. The predicted octanol–water partition coefficient (Wildman–Crippen LogP) is 1.65. The average molecular weight is 193 g/mol. The lowest BCUT2D eigenvalue weighted by Gasteiger charge is -2.29. The first-order chi connectivity index (χ1) is 6.09. The van der Waals surface area contributed by atoms with Gasteiger partial charge in [-0.3, -0.25) is 0 Å². The Bertz CT molecular complexity index is 280. The molecule has 1 aromatic rings. The zero-order valence-electron chi connectivity index (χ0n) is 8.83. The van der Waals surface area contributed by atoms with Crippen molar-refractivity contribution in [3.8, 4) is 0 Å². The highest BCUT2D eigenvalue weighted by Gasteiger charge is 2.25. The third kappa shape index (κ3) is 2.44. The second-order valence-electron chi connectivity index (χ2n) is 3.85. The summed E-state index contributed by atoms with van der Waals surface area (Å²) in [4.78, 5) is 0. The number of nitrogens with two attached hydrogens (primary N) is 1. The van der Waals surface area contributed by atoms with E-state index >= 15 is 0 Å². The molecule has 1 unspecified atom stereocenters. The maximum atomic E-state index is 5.96. The highest BCUT2D eigenvalue weighted by molar-refractivity contribution is 5.27. The van der Waals surface area contributed by atoms with Crippen molar-refractivity contribution >= 4 is 0 Å². The molecule has 0 saturated heterocycles. The minimum atomic E-state index is -0.0387. The van der Waals surface area contributed by atoms with Gasteiger partial charge in [-0.05, 0) is 5.56 Å². The predicted molar refractivity (Wildman–Crippen MR) is 61.3 cm³/mol. The van der Waals surface area contributed by atoms with E-state index < -0.39 is 0 Å². The molecule has 1 atom stereocenters. The van der Waals surface area contributed by atoms with Crippen LogP contribution in [0.4, 0.5) is 0 Å². The second-order valence-corrected chi connectivity index (χ2v) is 3.85. The molecule has 0 aromatic heterocycles. The molecule has 0 aliphatic carbocycles. The lowest BCUT2D eigenvalue weighted by atomic mass is 9.78. The van der Waals surface area contributed by atoms with Crippen molar-refractivity contribution in [1.82, 2.24) is 0 Å². The van der Waals surface area contributed by atoms with Crippen molar-refractivity contribution in [3.63, 3.8) is 0 Å². The second kappa shape index (κ2) is 4.94. The van der Waals surface area contributed by atoms with E-state index in [-0.39, 0.29) is 16.9 Å². The van der Waals surface area contributed by atoms with Crippen LogP contribution in [0.15, 0.2) is 43.0 Å². The molecule has 2 heteroatoms. The maximum Gasteiger partial charge on any atom is 0.0314 e. The standard InChI is InChI=1S/C12H17N.H2O/c1-4-11(13)12(2,3)10-8-6-5-7-9-10;/h4-9,11H,1,13H2,2-3H3;1H2. The average Bonchev–Trinajstić information content (AvgIpc) is 2.18. The van der Waals surface area contributed by atoms with Gasteiger partial charge in [-0.2, -0.15) is 0 Å². The first-order valence-electron chi connectivity index (χ1n) is 4.52. The molecular weight excluding hydrogens is 174 g/mol. The summed E-state index contributed by atoms with van der Waals surface area (Å²) in [6.45, 7) is 7.99. The van der Waals surface area contributed by atoms with Crippen LogP contribution in [-0.2, 0) is 5.41 Å². The molecule has 2 nitrogen and oxygen atoms in total. The van der Waals surface area contributed by atoms with E-state index in [0.29, 0.717) is 0 Å². The molecule has 0 radical (unpaired) electrons. The Morgan fingerprint density at radius 2 is 1.79 bits per heavy atom. The minimum Gasteiger partial charge on any atom is -0.412 e. The van der Waals surface area contributed by atoms with E-state index in [9.17, 15) is 0 Å². The Kier molecular flexibility index (Phi) is 4.54. The van der Waals surface area contributed by atoms with E-state index in [2.05, 4.69) is 32.6 Å². The summed E-state index contributed by atoms with van der Waals surface area (Å²) in [5.41, 5.74) is 7.18. The van der Waals surface area contributed by atoms with Crippen molar-refractivity contribution in [3.05, 3.63) is 48.6 Å². The Balaban J connectivity index is 0.00000169. The highest BCUT2D eigenvalue weighted by atomic mass is 16.0. The summed E-state index contributed by atoms with van der Waals surface area (Å²) in [5.74, 6) is 0. The highest BCUT2D eigenvalue weighted by Crippen LogP contribution is 2.25. The van der Waals surface area contributed by atoms with Crippen molar-refractivity contribution in [1.29, 1.82) is 0 Å². The molecule has 1 aromatic carbocycles. The Morgan fingerprint density at radius 3 is 2.21 bits per heavy atom. The lowest BCUT2D eigenvalue weighted by molar-refractivity contribution is 0.467. The fourth-order valence-corrected chi connectivity index (χ4v) is 1.35. The fraction of sp³-hybridized carbons (Fsp3) is 0.333. The van der Waals surface area contributed by atoms with Crippen molar-refractivity contribution in [2.24, 2.45) is 5.73 Å². The van der Waals surface area contributed by atoms with Crippen LogP contribution in [0.5, 0.6) is 0 Å². The smallest absolute Gasteiger partial charge is 0.0314 e. The summed E-state index contributed by atoms with van der Waals surface area (Å²) >= 11 is 0. The van der Waals surface area contributed by atoms with Gasteiger partial charge in [0.05, 0.1) is 0 Å². The van der Waals surface area contributed by atoms with Gasteiger partial charge in [0.25, 0.3) is 0 Å². The summed E-state index contributed by atoms with van der Waals surface area (Å²) in [6.07, 6.45) is 1.80. The van der Waals surface area contributed by atoms with Crippen LogP contribution in [0.1, 0.15) is 19.4 Å². The van der Waals surface area contributed by atoms with Gasteiger partial charge in [-0.1, -0.05) is 50.3 Å². The normalized spacial score (nSPS) is 12.8. The van der Waals surface area contributed by atoms with Crippen LogP contribution >= 0.6 is 0 Å². The number of hydrogen-bond donors (Lipinski definition) is 1. The van der Waals surface area contributed by atoms with Gasteiger partial charge in [0.2, 0.25) is 0 Å². The molecular formula is C12H19NO. The summed E-state index contributed by atoms with van der Waals surface area (Å²) in [6, 6.07) is 10.3. The summed E-state index contributed by atoms with van der Waals surface area (Å²) in [7, 11) is 0. The molecule has 0 spiro atoms. The first-order valence-corrected chi connectivity index (χ1v) is 4.52. The SMILES string of the molecule is C=CC(N)C(C)(C)c1ccccc1.O. The maximum absolute atomic E-state index is 5.96. The molecule has 14 heavy (non-hydrogen) atoms. The third-order valence-corrected chi connectivity index (χ3v) is 2.61. The largest absolute Gasteiger partial charge is 0.412 e. The van der Waals surface area contributed by atoms with Gasteiger partial charge in [-0.25, -0.2) is 0 Å². The van der Waals surface area contributed by atoms with Crippen molar-refractivity contribution in [2.75, 3.05) is 0 Å². The number of rotatable bonds is 3. The first kappa shape index (κ1) is 12.9. The minimum absolute atomic E-state index is 0. The molecule has 1 rings (SSSR count). The molecule has 0 fully saturated rings. The van der Waals surface area contributed by atoms with Crippen LogP contribution in [0.2, 0.25) is 0 Å². The molecule has 0 amide bonds. The molecule has 4 N–H and O–H groups in total. The van der Waals surface area contributed by atoms with Crippen molar-refractivity contribution in [2.45, 2.75) is 25.3 Å². The third-order valence-electron chi connectivity index (χ3n) is 2.61. The van der Waals surface area contributed by atoms with Gasteiger partial charge >= 0.3 is 0 Å². The van der Waals surface area contributed by atoms with Crippen molar-refractivity contribution < 1.29 is 5.48 Å². The zero-order valence-corrected chi connectivity index (χ0v) is 8.83. The van der Waals surface area contributed by atoms with Crippen LogP contribution in [0, 0.1) is 0 Å². The Morgan fingerprint density at radius 1 is 1.29 bits per heavy atom. The summed E-state index contributed by atoms with van der Waals surface area (Å²) in [5, 5.41) is 0. The van der Waals surface area contributed by atoms with Gasteiger partial charge in [-0.15, -0.1) is 6.58 Å². The van der Waals surface area contributed by atoms with Crippen LogP contribution < -0.4 is 5.73 Å². The Labute approximate surface area is 85.8 Å². The molecule has 0 aliphatic rings. The fourth-order valence-electron chi connectivity index (χ4n) is 1.35. The van der Waals surface area contributed by atoms with E-state index in [4.69, 9.17) is 5.73 Å². The quantitative estimate of drug-likeness (QED) is 0.729. The molecule has 78 valence electrons. The lowest BCUT2D eigenvalue weighted by Crippen LogP contribution is -2.38. The monoisotopic (exact) mass is 193 g/mol. The molecule has 0 aliphatic heterocycles. The van der Waals surface area contributed by atoms with Crippen LogP contribution in [0.25, 0.3) is 0 Å². The molecule has 0 saturated carbocycles. The van der Waals surface area contributed by atoms with E-state index in [1.54, 1.807) is 6.08 Å². The van der Waals surface area contributed by atoms with Gasteiger partial charge in [0, 0.05) is 11.5 Å². The van der Waals surface area contributed by atoms with E-state index in [0.717, 1.165) is 0 Å². The van der Waals surface area contributed by atoms with Crippen LogP contribution in [-0.4, -0.2) is 11.5 Å². The zero-order chi connectivity index (χ0) is 9.90. The van der Waals surface area contributed by atoms with Gasteiger partial charge in [0.15, 0.2) is 0 Å². The topological polar surface area (TPSA) is 57.5 Å². The summed E-state index contributed by atoms with van der Waals surface area (Å²) < 4.78 is 0. The van der Waals surface area contributed by atoms with Crippen LogP contribution in [0.3, 0.4) is 0 Å². The van der Waals surface area contributed by atoms with Gasteiger partial charge < -0.3 is 11.2 Å². The Hall–Kier alpha value is -1.12. The van der Waals surface area contributed by atoms with E-state index in [1.165, 1.54) is 5.56 Å². The molecule has 0 heterocycles. The van der Waals surface area contributed by atoms with E-state index in [1.807, 2.05) is 18.2 Å².